The van der Waals surface area contributed by atoms with Gasteiger partial charge in [0.15, 0.2) is 0 Å². The highest BCUT2D eigenvalue weighted by atomic mass is 16.5. The highest BCUT2D eigenvalue weighted by molar-refractivity contribution is 5.78. The van der Waals surface area contributed by atoms with Gasteiger partial charge in [0, 0.05) is 32.2 Å². The Kier molecular flexibility index (Phi) is 8.26. The molecule has 1 aliphatic rings. The van der Waals surface area contributed by atoms with Crippen LogP contribution in [-0.4, -0.2) is 43.7 Å². The molecule has 4 heteroatoms. The van der Waals surface area contributed by atoms with E-state index in [0.717, 1.165) is 65.1 Å². The molecule has 0 atom stereocenters. The van der Waals surface area contributed by atoms with Crippen molar-refractivity contribution < 1.29 is 9.53 Å². The number of aryl methyl sites for hydroxylation is 1. The van der Waals surface area contributed by atoms with E-state index in [1.165, 1.54) is 11.1 Å². The number of likely N-dealkylation sites (tertiary alicyclic amines) is 1. The molecule has 0 radical (unpaired) electrons. The molecule has 134 valence electrons. The van der Waals surface area contributed by atoms with Crippen LogP contribution in [0.1, 0.15) is 44.2 Å². The van der Waals surface area contributed by atoms with Crippen LogP contribution in [0.4, 0.5) is 0 Å². The average molecular weight is 332 g/mol. The average Bonchev–Trinajstić information content (AvgIpc) is 2.62. The van der Waals surface area contributed by atoms with Crippen molar-refractivity contribution in [3.05, 3.63) is 35.4 Å². The summed E-state index contributed by atoms with van der Waals surface area (Å²) in [5.74, 6) is 0.397. The summed E-state index contributed by atoms with van der Waals surface area (Å²) in [6.07, 6.45) is 3.91. The summed E-state index contributed by atoms with van der Waals surface area (Å²) in [7, 11) is 0. The third-order valence-electron chi connectivity index (χ3n) is 4.76. The number of nitrogens with one attached hydrogen (secondary N) is 1. The number of amides is 1. The van der Waals surface area contributed by atoms with Crippen molar-refractivity contribution in [3.63, 3.8) is 0 Å². The SMILES string of the molecule is CCOCCCNC(=O)C1CCN(Cc2ccc(CC)cc2)CC1. The van der Waals surface area contributed by atoms with Crippen LogP contribution in [-0.2, 0) is 22.5 Å². The number of carbonyl (C=O) groups excluding carboxylic acids is 1. The van der Waals surface area contributed by atoms with Gasteiger partial charge in [-0.25, -0.2) is 0 Å². The first-order valence-electron chi connectivity index (χ1n) is 9.38. The van der Waals surface area contributed by atoms with Crippen molar-refractivity contribution in [2.75, 3.05) is 32.8 Å². The summed E-state index contributed by atoms with van der Waals surface area (Å²) < 4.78 is 5.29. The summed E-state index contributed by atoms with van der Waals surface area (Å²) in [6.45, 7) is 9.38. The first-order valence-corrected chi connectivity index (χ1v) is 9.38. The third-order valence-corrected chi connectivity index (χ3v) is 4.76. The zero-order valence-corrected chi connectivity index (χ0v) is 15.2. The van der Waals surface area contributed by atoms with Crippen LogP contribution in [0.5, 0.6) is 0 Å². The van der Waals surface area contributed by atoms with Crippen molar-refractivity contribution in [1.29, 1.82) is 0 Å². The molecule has 2 rings (SSSR count). The van der Waals surface area contributed by atoms with Gasteiger partial charge in [-0.1, -0.05) is 31.2 Å². The van der Waals surface area contributed by atoms with E-state index in [1.807, 2.05) is 6.92 Å². The number of benzene rings is 1. The fourth-order valence-corrected chi connectivity index (χ4v) is 3.17. The van der Waals surface area contributed by atoms with E-state index in [0.29, 0.717) is 0 Å². The molecule has 0 aliphatic carbocycles. The van der Waals surface area contributed by atoms with E-state index in [9.17, 15) is 4.79 Å². The molecule has 1 aromatic rings. The van der Waals surface area contributed by atoms with E-state index in [2.05, 4.69) is 41.4 Å². The van der Waals surface area contributed by atoms with Gasteiger partial charge in [0.1, 0.15) is 0 Å². The molecule has 0 bridgehead atoms. The molecule has 1 N–H and O–H groups in total. The lowest BCUT2D eigenvalue weighted by Crippen LogP contribution is -2.40. The largest absolute Gasteiger partial charge is 0.382 e. The molecule has 0 unspecified atom stereocenters. The standard InChI is InChI=1S/C20H32N2O2/c1-3-17-6-8-18(9-7-17)16-22-13-10-19(11-14-22)20(23)21-12-5-15-24-4-2/h6-9,19H,3-5,10-16H2,1-2H3,(H,21,23). The number of carbonyl (C=O) groups is 1. The second-order valence-corrected chi connectivity index (χ2v) is 6.56. The highest BCUT2D eigenvalue weighted by Gasteiger charge is 2.24. The smallest absolute Gasteiger partial charge is 0.223 e. The van der Waals surface area contributed by atoms with Gasteiger partial charge in [-0.2, -0.15) is 0 Å². The first kappa shape index (κ1) is 18.9. The van der Waals surface area contributed by atoms with Crippen LogP contribution in [0.2, 0.25) is 0 Å². The van der Waals surface area contributed by atoms with Gasteiger partial charge in [-0.3, -0.25) is 9.69 Å². The summed E-state index contributed by atoms with van der Waals surface area (Å²) in [4.78, 5) is 14.7. The molecule has 4 nitrogen and oxygen atoms in total. The number of ether oxygens (including phenoxy) is 1. The van der Waals surface area contributed by atoms with Crippen molar-refractivity contribution >= 4 is 5.91 Å². The van der Waals surface area contributed by atoms with Crippen molar-refractivity contribution in [2.45, 2.75) is 46.1 Å². The van der Waals surface area contributed by atoms with E-state index in [-0.39, 0.29) is 11.8 Å². The topological polar surface area (TPSA) is 41.6 Å². The molecule has 1 heterocycles. The van der Waals surface area contributed by atoms with Crippen molar-refractivity contribution in [2.24, 2.45) is 5.92 Å². The number of hydrogen-bond acceptors (Lipinski definition) is 3. The zero-order valence-electron chi connectivity index (χ0n) is 15.2. The van der Waals surface area contributed by atoms with Crippen molar-refractivity contribution in [3.8, 4) is 0 Å². The molecule has 24 heavy (non-hydrogen) atoms. The minimum Gasteiger partial charge on any atom is -0.382 e. The maximum Gasteiger partial charge on any atom is 0.223 e. The van der Waals surface area contributed by atoms with E-state index < -0.39 is 0 Å². The van der Waals surface area contributed by atoms with Gasteiger partial charge in [0.05, 0.1) is 0 Å². The van der Waals surface area contributed by atoms with Gasteiger partial charge in [-0.05, 0) is 56.8 Å². The summed E-state index contributed by atoms with van der Waals surface area (Å²) >= 11 is 0. The molecule has 1 fully saturated rings. The predicted molar refractivity (Wildman–Crippen MR) is 97.9 cm³/mol. The minimum atomic E-state index is 0.177. The molecule has 0 aromatic heterocycles. The van der Waals surface area contributed by atoms with Gasteiger partial charge < -0.3 is 10.1 Å². The Morgan fingerprint density at radius 1 is 1.17 bits per heavy atom. The minimum absolute atomic E-state index is 0.177. The van der Waals surface area contributed by atoms with Crippen LogP contribution >= 0.6 is 0 Å². The van der Waals surface area contributed by atoms with Gasteiger partial charge in [-0.15, -0.1) is 0 Å². The number of piperidine rings is 1. The van der Waals surface area contributed by atoms with Crippen LogP contribution in [0.25, 0.3) is 0 Å². The Bertz CT molecular complexity index is 479. The van der Waals surface area contributed by atoms with Gasteiger partial charge >= 0.3 is 0 Å². The van der Waals surface area contributed by atoms with Crippen molar-refractivity contribution in [1.82, 2.24) is 10.2 Å². The molecule has 1 aromatic carbocycles. The van der Waals surface area contributed by atoms with E-state index in [4.69, 9.17) is 4.74 Å². The zero-order chi connectivity index (χ0) is 17.2. The fourth-order valence-electron chi connectivity index (χ4n) is 3.17. The van der Waals surface area contributed by atoms with Gasteiger partial charge in [0.2, 0.25) is 5.91 Å². The molecular weight excluding hydrogens is 300 g/mol. The van der Waals surface area contributed by atoms with Crippen LogP contribution in [0.3, 0.4) is 0 Å². The quantitative estimate of drug-likeness (QED) is 0.707. The summed E-state index contributed by atoms with van der Waals surface area (Å²) in [6, 6.07) is 8.90. The first-order chi connectivity index (χ1) is 11.7. The highest BCUT2D eigenvalue weighted by Crippen LogP contribution is 2.19. The lowest BCUT2D eigenvalue weighted by molar-refractivity contribution is -0.126. The second kappa shape index (κ2) is 10.5. The molecule has 0 spiro atoms. The summed E-state index contributed by atoms with van der Waals surface area (Å²) in [5, 5.41) is 3.05. The maximum absolute atomic E-state index is 12.2. The number of rotatable bonds is 9. The molecular formula is C20H32N2O2. The Labute approximate surface area is 146 Å². The Hall–Kier alpha value is -1.39. The fraction of sp³-hybridized carbons (Fsp3) is 0.650. The van der Waals surface area contributed by atoms with Crippen LogP contribution in [0, 0.1) is 5.92 Å². The van der Waals surface area contributed by atoms with E-state index >= 15 is 0 Å². The lowest BCUT2D eigenvalue weighted by Gasteiger charge is -2.31. The Morgan fingerprint density at radius 2 is 1.83 bits per heavy atom. The molecule has 1 aliphatic heterocycles. The predicted octanol–water partition coefficient (Wildman–Crippen LogP) is 3.00. The third kappa shape index (κ3) is 6.25. The Morgan fingerprint density at radius 3 is 2.46 bits per heavy atom. The second-order valence-electron chi connectivity index (χ2n) is 6.56. The molecule has 1 amide bonds. The monoisotopic (exact) mass is 332 g/mol. The number of hydrogen-bond donors (Lipinski definition) is 1. The normalized spacial score (nSPS) is 16.2. The van der Waals surface area contributed by atoms with Gasteiger partial charge in [0.25, 0.3) is 0 Å². The van der Waals surface area contributed by atoms with E-state index in [1.54, 1.807) is 0 Å². The number of nitrogens with zero attached hydrogens (tertiary/aromatic N) is 1. The summed E-state index contributed by atoms with van der Waals surface area (Å²) in [5.41, 5.74) is 2.75. The molecule has 0 saturated carbocycles. The van der Waals surface area contributed by atoms with Crippen LogP contribution in [0.15, 0.2) is 24.3 Å². The lowest BCUT2D eigenvalue weighted by atomic mass is 9.95. The maximum atomic E-state index is 12.2. The Balaban J connectivity index is 1.65. The van der Waals surface area contributed by atoms with Crippen LogP contribution < -0.4 is 5.32 Å². The molecule has 1 saturated heterocycles.